The first-order valence-corrected chi connectivity index (χ1v) is 10.3. The molecule has 2 N–H and O–H groups in total. The molecular formula is C23H18N4O5S. The Balaban J connectivity index is 1.47. The van der Waals surface area contributed by atoms with Crippen LogP contribution in [0.3, 0.4) is 0 Å². The van der Waals surface area contributed by atoms with E-state index in [-0.39, 0.29) is 28.7 Å². The number of nitrogens with one attached hydrogen (secondary N) is 2. The highest BCUT2D eigenvalue weighted by atomic mass is 32.1. The molecule has 0 aliphatic heterocycles. The van der Waals surface area contributed by atoms with Gasteiger partial charge in [0.25, 0.3) is 5.91 Å². The number of anilines is 1. The number of nitrogens with zero attached hydrogens (tertiary/aromatic N) is 2. The number of carbonyl (C=O) groups is 1. The quantitative estimate of drug-likeness (QED) is 0.235. The Hall–Kier alpha value is -4.31. The van der Waals surface area contributed by atoms with Gasteiger partial charge in [0, 0.05) is 22.9 Å². The SMILES string of the molecule is CCOc1ccc(C(=O)NC(=S)Nc2cccc(-c3nc4ccccc4o3)c2)cc1[N+](=O)[O-]. The Bertz CT molecular complexity index is 1330. The molecule has 166 valence electrons. The molecule has 4 rings (SSSR count). The number of amides is 1. The van der Waals surface area contributed by atoms with E-state index >= 15 is 0 Å². The van der Waals surface area contributed by atoms with E-state index in [0.717, 1.165) is 17.1 Å². The lowest BCUT2D eigenvalue weighted by atomic mass is 10.1. The van der Waals surface area contributed by atoms with Crippen molar-refractivity contribution < 1.29 is 18.9 Å². The van der Waals surface area contributed by atoms with Crippen molar-refractivity contribution in [1.29, 1.82) is 0 Å². The molecule has 0 fully saturated rings. The molecule has 0 atom stereocenters. The number of carbonyl (C=O) groups excluding carboxylic acids is 1. The third-order valence-corrected chi connectivity index (χ3v) is 4.81. The third-order valence-electron chi connectivity index (χ3n) is 4.61. The molecule has 1 aromatic heterocycles. The molecule has 0 unspecified atom stereocenters. The van der Waals surface area contributed by atoms with Crippen LogP contribution in [0.25, 0.3) is 22.6 Å². The predicted molar refractivity (Wildman–Crippen MR) is 127 cm³/mol. The van der Waals surface area contributed by atoms with Gasteiger partial charge in [0.05, 0.1) is 11.5 Å². The minimum absolute atomic E-state index is 0.0336. The number of nitro groups is 1. The minimum Gasteiger partial charge on any atom is -0.487 e. The average molecular weight is 462 g/mol. The van der Waals surface area contributed by atoms with Gasteiger partial charge in [-0.3, -0.25) is 20.2 Å². The van der Waals surface area contributed by atoms with Crippen LogP contribution >= 0.6 is 12.2 Å². The Morgan fingerprint density at radius 1 is 1.15 bits per heavy atom. The number of rotatable bonds is 6. The van der Waals surface area contributed by atoms with Gasteiger partial charge in [-0.05, 0) is 61.6 Å². The Morgan fingerprint density at radius 2 is 1.97 bits per heavy atom. The number of nitro benzene ring substituents is 1. The van der Waals surface area contributed by atoms with Crippen LogP contribution in [0, 0.1) is 10.1 Å². The summed E-state index contributed by atoms with van der Waals surface area (Å²) in [6.07, 6.45) is 0. The van der Waals surface area contributed by atoms with Crippen molar-refractivity contribution in [2.45, 2.75) is 6.92 Å². The predicted octanol–water partition coefficient (Wildman–Crippen LogP) is 4.93. The molecular weight excluding hydrogens is 444 g/mol. The van der Waals surface area contributed by atoms with E-state index in [4.69, 9.17) is 21.4 Å². The van der Waals surface area contributed by atoms with Gasteiger partial charge in [0.1, 0.15) is 5.52 Å². The van der Waals surface area contributed by atoms with E-state index in [0.29, 0.717) is 17.2 Å². The maximum atomic E-state index is 12.6. The maximum absolute atomic E-state index is 12.6. The van der Waals surface area contributed by atoms with Crippen molar-refractivity contribution in [2.75, 3.05) is 11.9 Å². The van der Waals surface area contributed by atoms with Crippen LogP contribution in [0.4, 0.5) is 11.4 Å². The number of hydrogen-bond acceptors (Lipinski definition) is 7. The summed E-state index contributed by atoms with van der Waals surface area (Å²) in [5.41, 5.74) is 2.55. The van der Waals surface area contributed by atoms with Gasteiger partial charge in [-0.1, -0.05) is 18.2 Å². The Labute approximate surface area is 193 Å². The summed E-state index contributed by atoms with van der Waals surface area (Å²) in [6.45, 7) is 1.98. The lowest BCUT2D eigenvalue weighted by Gasteiger charge is -2.11. The number of ether oxygens (including phenoxy) is 1. The summed E-state index contributed by atoms with van der Waals surface area (Å²) in [5, 5.41) is 16.8. The van der Waals surface area contributed by atoms with Crippen LogP contribution in [0.1, 0.15) is 17.3 Å². The van der Waals surface area contributed by atoms with Gasteiger partial charge in [-0.15, -0.1) is 0 Å². The molecule has 0 aliphatic carbocycles. The number of thiocarbonyl (C=S) groups is 1. The second-order valence-electron chi connectivity index (χ2n) is 6.85. The summed E-state index contributed by atoms with van der Waals surface area (Å²) in [7, 11) is 0. The van der Waals surface area contributed by atoms with Crippen LogP contribution in [-0.4, -0.2) is 27.5 Å². The van der Waals surface area contributed by atoms with Crippen LogP contribution in [0.2, 0.25) is 0 Å². The zero-order valence-corrected chi connectivity index (χ0v) is 18.2. The molecule has 33 heavy (non-hydrogen) atoms. The number of fused-ring (bicyclic) bond motifs is 1. The van der Waals surface area contributed by atoms with E-state index in [1.54, 1.807) is 25.1 Å². The number of aromatic nitrogens is 1. The fraction of sp³-hybridized carbons (Fsp3) is 0.0870. The molecule has 0 bridgehead atoms. The van der Waals surface area contributed by atoms with Crippen molar-refractivity contribution in [3.63, 3.8) is 0 Å². The van der Waals surface area contributed by atoms with Crippen molar-refractivity contribution in [3.8, 4) is 17.2 Å². The first kappa shape index (κ1) is 21.9. The van der Waals surface area contributed by atoms with Gasteiger partial charge >= 0.3 is 5.69 Å². The van der Waals surface area contributed by atoms with Crippen molar-refractivity contribution in [1.82, 2.24) is 10.3 Å². The van der Waals surface area contributed by atoms with Gasteiger partial charge in [0.2, 0.25) is 5.89 Å². The van der Waals surface area contributed by atoms with Crippen LogP contribution in [-0.2, 0) is 0 Å². The Morgan fingerprint density at radius 3 is 2.73 bits per heavy atom. The molecule has 1 heterocycles. The molecule has 3 aromatic carbocycles. The van der Waals surface area contributed by atoms with Crippen molar-refractivity contribution in [3.05, 3.63) is 82.4 Å². The smallest absolute Gasteiger partial charge is 0.311 e. The molecule has 1 amide bonds. The summed E-state index contributed by atoms with van der Waals surface area (Å²) >= 11 is 5.24. The summed E-state index contributed by atoms with van der Waals surface area (Å²) in [6, 6.07) is 18.6. The summed E-state index contributed by atoms with van der Waals surface area (Å²) in [5.74, 6) is -0.0407. The van der Waals surface area contributed by atoms with Crippen LogP contribution < -0.4 is 15.4 Å². The normalized spacial score (nSPS) is 10.6. The minimum atomic E-state index is -0.601. The molecule has 0 spiro atoms. The number of para-hydroxylation sites is 2. The highest BCUT2D eigenvalue weighted by Crippen LogP contribution is 2.28. The van der Waals surface area contributed by atoms with Gasteiger partial charge in [0.15, 0.2) is 16.4 Å². The monoisotopic (exact) mass is 462 g/mol. The van der Waals surface area contributed by atoms with Crippen molar-refractivity contribution in [2.24, 2.45) is 0 Å². The lowest BCUT2D eigenvalue weighted by Crippen LogP contribution is -2.34. The van der Waals surface area contributed by atoms with Crippen molar-refractivity contribution >= 4 is 45.7 Å². The Kier molecular flexibility index (Phi) is 6.27. The van der Waals surface area contributed by atoms with E-state index in [1.165, 1.54) is 12.1 Å². The maximum Gasteiger partial charge on any atom is 0.311 e. The van der Waals surface area contributed by atoms with Gasteiger partial charge in [-0.2, -0.15) is 0 Å². The number of hydrogen-bond donors (Lipinski definition) is 2. The fourth-order valence-corrected chi connectivity index (χ4v) is 3.35. The zero-order valence-electron chi connectivity index (χ0n) is 17.4. The standard InChI is InChI=1S/C23H18N4O5S/c1-2-31-20-11-10-14(13-18(20)27(29)30)21(28)26-23(33)24-16-7-5-6-15(12-16)22-25-17-8-3-4-9-19(17)32-22/h3-13H,2H2,1H3,(H2,24,26,28,33). The van der Waals surface area contributed by atoms with Gasteiger partial charge in [-0.25, -0.2) is 4.98 Å². The molecule has 0 saturated carbocycles. The first-order valence-electron chi connectivity index (χ1n) is 9.94. The highest BCUT2D eigenvalue weighted by molar-refractivity contribution is 7.80. The first-order chi connectivity index (χ1) is 15.9. The topological polar surface area (TPSA) is 120 Å². The fourth-order valence-electron chi connectivity index (χ4n) is 3.14. The second-order valence-corrected chi connectivity index (χ2v) is 7.26. The van der Waals surface area contributed by atoms with E-state index in [9.17, 15) is 14.9 Å². The number of oxazole rings is 1. The largest absolute Gasteiger partial charge is 0.487 e. The van der Waals surface area contributed by atoms with E-state index in [2.05, 4.69) is 15.6 Å². The second kappa shape index (κ2) is 9.45. The van der Waals surface area contributed by atoms with Gasteiger partial charge < -0.3 is 14.5 Å². The third kappa shape index (κ3) is 4.96. The van der Waals surface area contributed by atoms with Crippen LogP contribution in [0.15, 0.2) is 71.1 Å². The highest BCUT2D eigenvalue weighted by Gasteiger charge is 2.19. The zero-order chi connectivity index (χ0) is 23.4. The number of benzene rings is 3. The summed E-state index contributed by atoms with van der Waals surface area (Å²) in [4.78, 5) is 27.7. The molecule has 10 heteroatoms. The molecule has 9 nitrogen and oxygen atoms in total. The molecule has 0 saturated heterocycles. The summed E-state index contributed by atoms with van der Waals surface area (Å²) < 4.78 is 11.0. The molecule has 0 radical (unpaired) electrons. The van der Waals surface area contributed by atoms with E-state index < -0.39 is 10.8 Å². The molecule has 0 aliphatic rings. The molecule has 4 aromatic rings. The van der Waals surface area contributed by atoms with Crippen LogP contribution in [0.5, 0.6) is 5.75 Å². The lowest BCUT2D eigenvalue weighted by molar-refractivity contribution is -0.385. The van der Waals surface area contributed by atoms with E-state index in [1.807, 2.05) is 30.3 Å². The average Bonchev–Trinajstić information content (AvgIpc) is 3.24.